The number of carbonyl (C=O) groups is 1. The summed E-state index contributed by atoms with van der Waals surface area (Å²) >= 11 is 3.18. The third-order valence-electron chi connectivity index (χ3n) is 2.37. The number of nitriles is 1. The molecule has 0 N–H and O–H groups in total. The lowest BCUT2D eigenvalue weighted by molar-refractivity contribution is 0.112. The molecular weight excluding hydrogens is 313 g/mol. The van der Waals surface area contributed by atoms with Crippen LogP contribution in [-0.2, 0) is 0 Å². The Morgan fingerprint density at radius 3 is 2.58 bits per heavy atom. The van der Waals surface area contributed by atoms with Crippen molar-refractivity contribution in [3.05, 3.63) is 57.8 Å². The Morgan fingerprint density at radius 2 is 1.95 bits per heavy atom. The van der Waals surface area contributed by atoms with Gasteiger partial charge in [0.25, 0.3) is 0 Å². The predicted octanol–water partition coefficient (Wildman–Crippen LogP) is 4.06. The Labute approximate surface area is 117 Å². The van der Waals surface area contributed by atoms with E-state index in [1.165, 1.54) is 30.3 Å². The molecule has 0 unspecified atom stereocenters. The molecule has 0 spiro atoms. The lowest BCUT2D eigenvalue weighted by Crippen LogP contribution is -1.91. The summed E-state index contributed by atoms with van der Waals surface area (Å²) in [5.41, 5.74) is 0.628. The SMILES string of the molecule is N#Cc1cc(C=O)ccc1Oc1ccc(F)cc1Br. The first-order chi connectivity index (χ1) is 9.13. The molecule has 2 aromatic carbocycles. The maximum Gasteiger partial charge on any atom is 0.150 e. The Morgan fingerprint density at radius 1 is 1.21 bits per heavy atom. The van der Waals surface area contributed by atoms with E-state index in [0.717, 1.165) is 0 Å². The number of carbonyl (C=O) groups excluding carboxylic acids is 1. The highest BCUT2D eigenvalue weighted by molar-refractivity contribution is 9.10. The van der Waals surface area contributed by atoms with Gasteiger partial charge in [0.05, 0.1) is 10.0 Å². The highest BCUT2D eigenvalue weighted by Crippen LogP contribution is 2.32. The topological polar surface area (TPSA) is 50.1 Å². The number of nitrogens with zero attached hydrogens (tertiary/aromatic N) is 1. The van der Waals surface area contributed by atoms with E-state index in [9.17, 15) is 9.18 Å². The normalized spacial score (nSPS) is 9.74. The fourth-order valence-corrected chi connectivity index (χ4v) is 1.91. The maximum absolute atomic E-state index is 13.0. The molecule has 19 heavy (non-hydrogen) atoms. The van der Waals surface area contributed by atoms with Crippen LogP contribution in [0.3, 0.4) is 0 Å². The minimum Gasteiger partial charge on any atom is -0.455 e. The third kappa shape index (κ3) is 2.98. The van der Waals surface area contributed by atoms with Gasteiger partial charge < -0.3 is 4.74 Å². The van der Waals surface area contributed by atoms with E-state index in [0.29, 0.717) is 27.8 Å². The molecule has 0 saturated carbocycles. The van der Waals surface area contributed by atoms with Gasteiger partial charge in [-0.3, -0.25) is 4.79 Å². The molecule has 0 bridgehead atoms. The molecule has 0 fully saturated rings. The van der Waals surface area contributed by atoms with Crippen LogP contribution in [0.1, 0.15) is 15.9 Å². The monoisotopic (exact) mass is 319 g/mol. The van der Waals surface area contributed by atoms with Crippen LogP contribution in [0.2, 0.25) is 0 Å². The molecule has 2 rings (SSSR count). The molecular formula is C14H7BrFNO2. The van der Waals surface area contributed by atoms with Gasteiger partial charge in [-0.15, -0.1) is 0 Å². The van der Waals surface area contributed by atoms with Crippen molar-refractivity contribution in [3.8, 4) is 17.6 Å². The summed E-state index contributed by atoms with van der Waals surface area (Å²) in [6.45, 7) is 0. The van der Waals surface area contributed by atoms with E-state index < -0.39 is 5.82 Å². The van der Waals surface area contributed by atoms with Crippen LogP contribution in [-0.4, -0.2) is 6.29 Å². The highest BCUT2D eigenvalue weighted by atomic mass is 79.9. The van der Waals surface area contributed by atoms with E-state index >= 15 is 0 Å². The minimum atomic E-state index is -0.393. The second kappa shape index (κ2) is 5.63. The number of rotatable bonds is 3. The predicted molar refractivity (Wildman–Crippen MR) is 70.7 cm³/mol. The molecule has 0 radical (unpaired) electrons. The molecule has 0 amide bonds. The van der Waals surface area contributed by atoms with Crippen LogP contribution in [0.5, 0.6) is 11.5 Å². The quantitative estimate of drug-likeness (QED) is 0.801. The Hall–Kier alpha value is -2.19. The zero-order valence-corrected chi connectivity index (χ0v) is 11.1. The van der Waals surface area contributed by atoms with E-state index in [1.807, 2.05) is 6.07 Å². The van der Waals surface area contributed by atoms with Crippen molar-refractivity contribution >= 4 is 22.2 Å². The number of hydrogen-bond donors (Lipinski definition) is 0. The second-order valence-corrected chi connectivity index (χ2v) is 4.52. The average Bonchev–Trinajstić information content (AvgIpc) is 2.42. The average molecular weight is 320 g/mol. The van der Waals surface area contributed by atoms with Crippen LogP contribution in [0.25, 0.3) is 0 Å². The number of ether oxygens (including phenoxy) is 1. The van der Waals surface area contributed by atoms with Crippen LogP contribution >= 0.6 is 15.9 Å². The number of hydrogen-bond acceptors (Lipinski definition) is 3. The van der Waals surface area contributed by atoms with Crippen molar-refractivity contribution in [1.29, 1.82) is 5.26 Å². The molecule has 0 atom stereocenters. The van der Waals surface area contributed by atoms with E-state index in [1.54, 1.807) is 6.07 Å². The zero-order chi connectivity index (χ0) is 13.8. The van der Waals surface area contributed by atoms with Crippen LogP contribution in [0, 0.1) is 17.1 Å². The number of halogens is 2. The van der Waals surface area contributed by atoms with Crippen LogP contribution in [0.4, 0.5) is 4.39 Å². The molecule has 3 nitrogen and oxygen atoms in total. The first-order valence-electron chi connectivity index (χ1n) is 5.26. The van der Waals surface area contributed by atoms with Crippen molar-refractivity contribution in [2.75, 3.05) is 0 Å². The van der Waals surface area contributed by atoms with Crippen LogP contribution in [0.15, 0.2) is 40.9 Å². The molecule has 5 heteroatoms. The molecule has 2 aromatic rings. The smallest absolute Gasteiger partial charge is 0.150 e. The summed E-state index contributed by atoms with van der Waals surface area (Å²) in [5, 5.41) is 9.01. The largest absolute Gasteiger partial charge is 0.455 e. The molecule has 0 aliphatic carbocycles. The highest BCUT2D eigenvalue weighted by Gasteiger charge is 2.09. The summed E-state index contributed by atoms with van der Waals surface area (Å²) in [6.07, 6.45) is 0.651. The minimum absolute atomic E-state index is 0.237. The van der Waals surface area contributed by atoms with E-state index in [4.69, 9.17) is 10.00 Å². The first-order valence-corrected chi connectivity index (χ1v) is 6.05. The van der Waals surface area contributed by atoms with Crippen molar-refractivity contribution in [2.45, 2.75) is 0 Å². The second-order valence-electron chi connectivity index (χ2n) is 3.66. The Balaban J connectivity index is 2.38. The van der Waals surface area contributed by atoms with E-state index in [-0.39, 0.29) is 5.56 Å². The van der Waals surface area contributed by atoms with Gasteiger partial charge in [-0.05, 0) is 52.3 Å². The Bertz CT molecular complexity index is 680. The fourth-order valence-electron chi connectivity index (χ4n) is 1.47. The van der Waals surface area contributed by atoms with Gasteiger partial charge in [0.15, 0.2) is 0 Å². The molecule has 94 valence electrons. The lowest BCUT2D eigenvalue weighted by atomic mass is 10.1. The molecule has 0 aliphatic heterocycles. The summed E-state index contributed by atoms with van der Waals surface area (Å²) < 4.78 is 18.9. The number of benzene rings is 2. The molecule has 0 aromatic heterocycles. The molecule has 0 saturated heterocycles. The molecule has 0 heterocycles. The van der Waals surface area contributed by atoms with Gasteiger partial charge in [0.2, 0.25) is 0 Å². The van der Waals surface area contributed by atoms with Gasteiger partial charge in [-0.2, -0.15) is 5.26 Å². The van der Waals surface area contributed by atoms with Crippen molar-refractivity contribution in [3.63, 3.8) is 0 Å². The number of aldehydes is 1. The standard InChI is InChI=1S/C14H7BrFNO2/c15-12-6-11(16)2-4-14(12)19-13-3-1-9(8-18)5-10(13)7-17/h1-6,8H. The summed E-state index contributed by atoms with van der Waals surface area (Å²) in [6, 6.07) is 10.4. The first kappa shape index (κ1) is 13.2. The third-order valence-corrected chi connectivity index (χ3v) is 2.99. The van der Waals surface area contributed by atoms with Gasteiger partial charge in [0, 0.05) is 5.56 Å². The Kier molecular flexibility index (Phi) is 3.93. The zero-order valence-electron chi connectivity index (χ0n) is 9.56. The van der Waals surface area contributed by atoms with Gasteiger partial charge in [0.1, 0.15) is 29.7 Å². The van der Waals surface area contributed by atoms with E-state index in [2.05, 4.69) is 15.9 Å². The van der Waals surface area contributed by atoms with Crippen molar-refractivity contribution in [2.24, 2.45) is 0 Å². The molecule has 0 aliphatic rings. The maximum atomic E-state index is 13.0. The van der Waals surface area contributed by atoms with Crippen molar-refractivity contribution in [1.82, 2.24) is 0 Å². The van der Waals surface area contributed by atoms with Crippen LogP contribution < -0.4 is 4.74 Å². The fraction of sp³-hybridized carbons (Fsp3) is 0. The summed E-state index contributed by atoms with van der Waals surface area (Å²) in [4.78, 5) is 10.6. The summed E-state index contributed by atoms with van der Waals surface area (Å²) in [5.74, 6) is 0.299. The summed E-state index contributed by atoms with van der Waals surface area (Å²) in [7, 11) is 0. The van der Waals surface area contributed by atoms with Gasteiger partial charge >= 0.3 is 0 Å². The van der Waals surface area contributed by atoms with Gasteiger partial charge in [-0.25, -0.2) is 4.39 Å². The van der Waals surface area contributed by atoms with Gasteiger partial charge in [-0.1, -0.05) is 0 Å². The van der Waals surface area contributed by atoms with Crippen molar-refractivity contribution < 1.29 is 13.9 Å². The lowest BCUT2D eigenvalue weighted by Gasteiger charge is -2.09.